The number of hydrogen-bond acceptors (Lipinski definition) is 3. The molecule has 1 aliphatic heterocycles. The summed E-state index contributed by atoms with van der Waals surface area (Å²) < 4.78 is 6.10. The number of nitrogens with zero attached hydrogens (tertiary/aromatic N) is 2. The van der Waals surface area contributed by atoms with Crippen molar-refractivity contribution in [3.63, 3.8) is 0 Å². The number of amides is 1. The highest BCUT2D eigenvalue weighted by atomic mass is 16.5. The molecule has 0 atom stereocenters. The van der Waals surface area contributed by atoms with E-state index in [0.717, 1.165) is 38.2 Å². The normalized spacial score (nSPS) is 16.6. The van der Waals surface area contributed by atoms with E-state index in [1.165, 1.54) is 11.1 Å². The van der Waals surface area contributed by atoms with E-state index >= 15 is 0 Å². The molecular weight excluding hydrogens is 340 g/mol. The maximum absolute atomic E-state index is 11.7. The Hall–Kier alpha value is -1.75. The van der Waals surface area contributed by atoms with Crippen LogP contribution < -0.4 is 4.74 Å². The van der Waals surface area contributed by atoms with Crippen molar-refractivity contribution in [2.45, 2.75) is 71.9 Å². The van der Waals surface area contributed by atoms with Crippen molar-refractivity contribution >= 4 is 6.09 Å². The van der Waals surface area contributed by atoms with Crippen LogP contribution in [0.25, 0.3) is 0 Å². The molecule has 0 spiro atoms. The number of rotatable bonds is 6. The molecule has 5 nitrogen and oxygen atoms in total. The number of hydrogen-bond donors (Lipinski definition) is 1. The molecule has 1 aliphatic rings. The molecule has 1 aromatic rings. The number of aryl methyl sites for hydroxylation is 1. The van der Waals surface area contributed by atoms with Crippen LogP contribution in [-0.4, -0.2) is 58.8 Å². The largest absolute Gasteiger partial charge is 0.492 e. The second kappa shape index (κ2) is 8.96. The van der Waals surface area contributed by atoms with Crippen molar-refractivity contribution in [2.75, 3.05) is 26.2 Å². The maximum Gasteiger partial charge on any atom is 0.407 e. The summed E-state index contributed by atoms with van der Waals surface area (Å²) in [6.07, 6.45) is 0.946. The number of likely N-dealkylation sites (tertiary alicyclic amines) is 1. The average molecular weight is 377 g/mol. The summed E-state index contributed by atoms with van der Waals surface area (Å²) in [4.78, 5) is 15.7. The lowest BCUT2D eigenvalue weighted by atomic mass is 9.97. The average Bonchev–Trinajstić information content (AvgIpc) is 2.54. The van der Waals surface area contributed by atoms with Crippen LogP contribution in [0, 0.1) is 6.92 Å². The standard InChI is InChI=1S/C22H36N2O3/c1-16(2)19-8-7-17(3)15-20(19)27-14-13-23-11-9-18(10-12-23)24(21(25)26)22(4,5)6/h7-8,15-16,18H,9-14H2,1-6H3,(H,25,26). The van der Waals surface area contributed by atoms with Gasteiger partial charge in [0, 0.05) is 31.2 Å². The summed E-state index contributed by atoms with van der Waals surface area (Å²) in [7, 11) is 0. The van der Waals surface area contributed by atoms with Crippen molar-refractivity contribution in [2.24, 2.45) is 0 Å². The van der Waals surface area contributed by atoms with Gasteiger partial charge in [0.25, 0.3) is 0 Å². The van der Waals surface area contributed by atoms with E-state index in [1.54, 1.807) is 4.90 Å². The van der Waals surface area contributed by atoms with Gasteiger partial charge in [-0.15, -0.1) is 0 Å². The number of piperidine rings is 1. The molecule has 1 amide bonds. The third-order valence-corrected chi connectivity index (χ3v) is 5.31. The first-order valence-electron chi connectivity index (χ1n) is 10.1. The fourth-order valence-electron chi connectivity index (χ4n) is 3.92. The molecular formula is C22H36N2O3. The first-order valence-corrected chi connectivity index (χ1v) is 10.1. The van der Waals surface area contributed by atoms with Crippen LogP contribution in [0.4, 0.5) is 4.79 Å². The number of ether oxygens (including phenoxy) is 1. The quantitative estimate of drug-likeness (QED) is 0.779. The molecule has 5 heteroatoms. The first-order chi connectivity index (χ1) is 12.6. The highest BCUT2D eigenvalue weighted by Crippen LogP contribution is 2.28. The van der Waals surface area contributed by atoms with Crippen LogP contribution in [0.2, 0.25) is 0 Å². The predicted molar refractivity (Wildman–Crippen MR) is 110 cm³/mol. The molecule has 1 aromatic carbocycles. The third-order valence-electron chi connectivity index (χ3n) is 5.31. The second-order valence-corrected chi connectivity index (χ2v) is 8.94. The van der Waals surface area contributed by atoms with Gasteiger partial charge in [-0.05, 0) is 63.6 Å². The van der Waals surface area contributed by atoms with Gasteiger partial charge in [-0.1, -0.05) is 26.0 Å². The first kappa shape index (κ1) is 21.5. The minimum absolute atomic E-state index is 0.101. The summed E-state index contributed by atoms with van der Waals surface area (Å²) in [5.74, 6) is 1.43. The van der Waals surface area contributed by atoms with Gasteiger partial charge in [0.05, 0.1) is 0 Å². The van der Waals surface area contributed by atoms with Crippen LogP contribution in [-0.2, 0) is 0 Å². The molecule has 1 heterocycles. The molecule has 1 N–H and O–H groups in total. The van der Waals surface area contributed by atoms with Gasteiger partial charge in [-0.2, -0.15) is 0 Å². The van der Waals surface area contributed by atoms with Gasteiger partial charge >= 0.3 is 6.09 Å². The predicted octanol–water partition coefficient (Wildman–Crippen LogP) is 4.74. The van der Waals surface area contributed by atoms with Crippen LogP contribution in [0.3, 0.4) is 0 Å². The van der Waals surface area contributed by atoms with Crippen molar-refractivity contribution in [1.29, 1.82) is 0 Å². The highest BCUT2D eigenvalue weighted by Gasteiger charge is 2.35. The lowest BCUT2D eigenvalue weighted by Crippen LogP contribution is -2.54. The molecule has 1 saturated heterocycles. The monoisotopic (exact) mass is 376 g/mol. The SMILES string of the molecule is Cc1ccc(C(C)C)c(OCCN2CCC(N(C(=O)O)C(C)(C)C)CC2)c1. The van der Waals surface area contributed by atoms with Crippen molar-refractivity contribution in [3.05, 3.63) is 29.3 Å². The van der Waals surface area contributed by atoms with Gasteiger partial charge < -0.3 is 14.7 Å². The van der Waals surface area contributed by atoms with Crippen molar-refractivity contribution in [3.8, 4) is 5.75 Å². The molecule has 0 aliphatic carbocycles. The Morgan fingerprint density at radius 3 is 2.44 bits per heavy atom. The van der Waals surface area contributed by atoms with E-state index in [1.807, 2.05) is 20.8 Å². The Labute approximate surface area is 164 Å². The minimum atomic E-state index is -0.815. The highest BCUT2D eigenvalue weighted by molar-refractivity contribution is 5.66. The zero-order chi connectivity index (χ0) is 20.2. The van der Waals surface area contributed by atoms with Crippen molar-refractivity contribution < 1.29 is 14.6 Å². The zero-order valence-corrected chi connectivity index (χ0v) is 17.8. The molecule has 0 bridgehead atoms. The Kier molecular flexibility index (Phi) is 7.15. The smallest absolute Gasteiger partial charge is 0.407 e. The number of carboxylic acid groups (broad SMARTS) is 1. The number of benzene rings is 1. The Morgan fingerprint density at radius 2 is 1.93 bits per heavy atom. The zero-order valence-electron chi connectivity index (χ0n) is 17.8. The molecule has 0 saturated carbocycles. The van der Waals surface area contributed by atoms with Crippen LogP contribution in [0.5, 0.6) is 5.75 Å². The van der Waals surface area contributed by atoms with Gasteiger partial charge in [-0.25, -0.2) is 4.79 Å². The molecule has 0 aromatic heterocycles. The Balaban J connectivity index is 1.85. The molecule has 27 heavy (non-hydrogen) atoms. The van der Waals surface area contributed by atoms with Crippen LogP contribution >= 0.6 is 0 Å². The summed E-state index contributed by atoms with van der Waals surface area (Å²) in [5.41, 5.74) is 2.10. The Bertz CT molecular complexity index is 629. The fraction of sp³-hybridized carbons (Fsp3) is 0.682. The van der Waals surface area contributed by atoms with E-state index in [0.29, 0.717) is 12.5 Å². The summed E-state index contributed by atoms with van der Waals surface area (Å²) in [5, 5.41) is 9.58. The molecule has 1 fully saturated rings. The minimum Gasteiger partial charge on any atom is -0.492 e. The Morgan fingerprint density at radius 1 is 1.30 bits per heavy atom. The summed E-state index contributed by atoms with van der Waals surface area (Å²) in [6.45, 7) is 15.7. The van der Waals surface area contributed by atoms with Gasteiger partial charge in [0.2, 0.25) is 0 Å². The molecule has 0 unspecified atom stereocenters. The van der Waals surface area contributed by atoms with Gasteiger partial charge in [0.15, 0.2) is 0 Å². The van der Waals surface area contributed by atoms with E-state index in [2.05, 4.69) is 43.9 Å². The lowest BCUT2D eigenvalue weighted by Gasteiger charge is -2.43. The van der Waals surface area contributed by atoms with Gasteiger partial charge in [0.1, 0.15) is 12.4 Å². The van der Waals surface area contributed by atoms with Crippen LogP contribution in [0.15, 0.2) is 18.2 Å². The summed E-state index contributed by atoms with van der Waals surface area (Å²) >= 11 is 0. The molecule has 152 valence electrons. The van der Waals surface area contributed by atoms with E-state index in [4.69, 9.17) is 4.74 Å². The molecule has 0 radical (unpaired) electrons. The van der Waals surface area contributed by atoms with Crippen molar-refractivity contribution in [1.82, 2.24) is 9.80 Å². The van der Waals surface area contributed by atoms with Gasteiger partial charge in [-0.3, -0.25) is 4.90 Å². The lowest BCUT2D eigenvalue weighted by molar-refractivity contribution is 0.0399. The van der Waals surface area contributed by atoms with Crippen LogP contribution in [0.1, 0.15) is 64.5 Å². The third kappa shape index (κ3) is 5.86. The number of carbonyl (C=O) groups is 1. The fourth-order valence-corrected chi connectivity index (χ4v) is 3.92. The van der Waals surface area contributed by atoms with E-state index in [9.17, 15) is 9.90 Å². The second-order valence-electron chi connectivity index (χ2n) is 8.94. The maximum atomic E-state index is 11.7. The summed E-state index contributed by atoms with van der Waals surface area (Å²) in [6, 6.07) is 6.52. The van der Waals surface area contributed by atoms with E-state index in [-0.39, 0.29) is 11.6 Å². The molecule has 2 rings (SSSR count). The topological polar surface area (TPSA) is 53.0 Å². The van der Waals surface area contributed by atoms with E-state index < -0.39 is 6.09 Å².